The number of hydrogen-bond acceptors (Lipinski definition) is 8. The monoisotopic (exact) mass is 466 g/mol. The Balaban J connectivity index is 1.93. The van der Waals surface area contributed by atoms with Gasteiger partial charge in [0.15, 0.2) is 11.6 Å². The topological polar surface area (TPSA) is 110 Å². The average Bonchev–Trinajstić information content (AvgIpc) is 3.13. The number of oxime groups is 1. The Labute approximate surface area is 194 Å². The second kappa shape index (κ2) is 13.3. The molecule has 0 amide bonds. The lowest BCUT2D eigenvalue weighted by atomic mass is 9.83. The van der Waals surface area contributed by atoms with Crippen LogP contribution in [0.2, 0.25) is 0 Å². The van der Waals surface area contributed by atoms with Gasteiger partial charge in [-0.1, -0.05) is 29.4 Å². The minimum absolute atomic E-state index is 0.105. The number of aliphatic hydroxyl groups excluding tert-OH is 1. The minimum Gasteiger partial charge on any atom is -0.489 e. The van der Waals surface area contributed by atoms with Gasteiger partial charge in [-0.05, 0) is 51.3 Å². The zero-order valence-electron chi connectivity index (χ0n) is 19.5. The first-order chi connectivity index (χ1) is 15.8. The number of nitrogens with one attached hydrogen (secondary N) is 1. The molecule has 1 aliphatic carbocycles. The standard InChI is InChI=1S/C24H35FN2O6/c1-24(26-2,16-33-22-10-5-4-9-19(22)25)12-11-17-18(21(28)14-20(17)27-30)8-6-7-13-32-15-23(29)31-3/h4-7,9-10,17-18,21,26,28,30H,8,11-16H2,1-3H3/b7-6-,27-20-/t17-,18-,21+,24?/m1/s1. The highest BCUT2D eigenvalue weighted by Crippen LogP contribution is 2.37. The zero-order valence-corrected chi connectivity index (χ0v) is 19.5. The molecule has 4 atom stereocenters. The highest BCUT2D eigenvalue weighted by Gasteiger charge is 2.40. The van der Waals surface area contributed by atoms with E-state index in [1.54, 1.807) is 24.3 Å². The molecule has 1 aromatic rings. The van der Waals surface area contributed by atoms with E-state index in [1.807, 2.05) is 20.0 Å². The fourth-order valence-corrected chi connectivity index (χ4v) is 3.98. The number of benzene rings is 1. The van der Waals surface area contributed by atoms with E-state index in [-0.39, 0.29) is 37.4 Å². The first-order valence-electron chi connectivity index (χ1n) is 11.1. The largest absolute Gasteiger partial charge is 0.489 e. The number of para-hydroxylation sites is 1. The molecule has 9 heteroatoms. The van der Waals surface area contributed by atoms with Crippen molar-refractivity contribution >= 4 is 11.7 Å². The van der Waals surface area contributed by atoms with Crippen molar-refractivity contribution in [1.29, 1.82) is 0 Å². The van der Waals surface area contributed by atoms with Crippen molar-refractivity contribution in [2.45, 2.75) is 44.2 Å². The van der Waals surface area contributed by atoms with E-state index >= 15 is 0 Å². The number of carbonyl (C=O) groups is 1. The Morgan fingerprint density at radius 2 is 2.12 bits per heavy atom. The van der Waals surface area contributed by atoms with Crippen molar-refractivity contribution in [2.24, 2.45) is 17.0 Å². The van der Waals surface area contributed by atoms with Gasteiger partial charge in [-0.25, -0.2) is 9.18 Å². The molecule has 184 valence electrons. The lowest BCUT2D eigenvalue weighted by Gasteiger charge is -2.31. The van der Waals surface area contributed by atoms with Gasteiger partial charge >= 0.3 is 5.97 Å². The molecular weight excluding hydrogens is 431 g/mol. The van der Waals surface area contributed by atoms with Gasteiger partial charge in [-0.2, -0.15) is 0 Å². The number of nitrogens with zero attached hydrogens (tertiary/aromatic N) is 1. The van der Waals surface area contributed by atoms with E-state index in [0.29, 0.717) is 31.4 Å². The van der Waals surface area contributed by atoms with Crippen molar-refractivity contribution in [3.05, 3.63) is 42.2 Å². The quantitative estimate of drug-likeness (QED) is 0.135. The number of ether oxygens (including phenoxy) is 3. The van der Waals surface area contributed by atoms with E-state index in [0.717, 1.165) is 0 Å². The van der Waals surface area contributed by atoms with Crippen LogP contribution in [0.15, 0.2) is 41.6 Å². The lowest BCUT2D eigenvalue weighted by molar-refractivity contribution is -0.145. The molecule has 0 spiro atoms. The third-order valence-electron chi connectivity index (χ3n) is 6.22. The SMILES string of the molecule is CNC(C)(CC[C@H]1/C(=N\O)C[C@H](O)[C@@H]1C/C=C\COCC(=O)OC)COc1ccccc1F. The predicted octanol–water partition coefficient (Wildman–Crippen LogP) is 2.93. The summed E-state index contributed by atoms with van der Waals surface area (Å²) in [5, 5.41) is 26.7. The lowest BCUT2D eigenvalue weighted by Crippen LogP contribution is -2.46. The highest BCUT2D eigenvalue weighted by molar-refractivity contribution is 5.89. The van der Waals surface area contributed by atoms with E-state index in [1.165, 1.54) is 13.2 Å². The van der Waals surface area contributed by atoms with Gasteiger partial charge in [0.2, 0.25) is 0 Å². The summed E-state index contributed by atoms with van der Waals surface area (Å²) in [5.41, 5.74) is 0.134. The molecule has 3 N–H and O–H groups in total. The number of aliphatic hydroxyl groups is 1. The summed E-state index contributed by atoms with van der Waals surface area (Å²) < 4.78 is 29.3. The van der Waals surface area contributed by atoms with Crippen molar-refractivity contribution in [2.75, 3.05) is 34.0 Å². The molecule has 0 bridgehead atoms. The van der Waals surface area contributed by atoms with Gasteiger partial charge in [0.05, 0.1) is 25.5 Å². The number of methoxy groups -OCH3 is 1. The van der Waals surface area contributed by atoms with Crippen LogP contribution in [0.4, 0.5) is 4.39 Å². The average molecular weight is 467 g/mol. The van der Waals surface area contributed by atoms with Gasteiger partial charge in [-0.3, -0.25) is 0 Å². The second-order valence-electron chi connectivity index (χ2n) is 8.50. The van der Waals surface area contributed by atoms with Crippen LogP contribution in [0.1, 0.15) is 32.6 Å². The van der Waals surface area contributed by atoms with Gasteiger partial charge in [0, 0.05) is 17.9 Å². The second-order valence-corrected chi connectivity index (χ2v) is 8.50. The number of esters is 1. The van der Waals surface area contributed by atoms with Crippen molar-refractivity contribution < 1.29 is 33.7 Å². The van der Waals surface area contributed by atoms with Crippen LogP contribution in [0.3, 0.4) is 0 Å². The summed E-state index contributed by atoms with van der Waals surface area (Å²) in [6.07, 6.45) is 5.30. The summed E-state index contributed by atoms with van der Waals surface area (Å²) in [6.45, 7) is 2.39. The van der Waals surface area contributed by atoms with Crippen LogP contribution in [0.5, 0.6) is 5.75 Å². The molecule has 2 rings (SSSR count). The van der Waals surface area contributed by atoms with Gasteiger partial charge in [0.25, 0.3) is 0 Å². The molecule has 0 heterocycles. The third-order valence-corrected chi connectivity index (χ3v) is 6.22. The van der Waals surface area contributed by atoms with Crippen LogP contribution < -0.4 is 10.1 Å². The maximum atomic E-state index is 13.9. The number of halogens is 1. The fourth-order valence-electron chi connectivity index (χ4n) is 3.98. The van der Waals surface area contributed by atoms with E-state index in [4.69, 9.17) is 9.47 Å². The number of rotatable bonds is 13. The molecular formula is C24H35FN2O6. The Hall–Kier alpha value is -2.49. The van der Waals surface area contributed by atoms with E-state index in [9.17, 15) is 19.5 Å². The first kappa shape index (κ1) is 26.8. The van der Waals surface area contributed by atoms with Crippen LogP contribution >= 0.6 is 0 Å². The molecule has 0 radical (unpaired) electrons. The number of allylic oxidation sites excluding steroid dienone is 1. The highest BCUT2D eigenvalue weighted by atomic mass is 19.1. The Morgan fingerprint density at radius 1 is 1.36 bits per heavy atom. The number of hydrogen-bond donors (Lipinski definition) is 3. The molecule has 1 saturated carbocycles. The predicted molar refractivity (Wildman–Crippen MR) is 122 cm³/mol. The molecule has 0 aliphatic heterocycles. The normalized spacial score (nSPS) is 23.7. The van der Waals surface area contributed by atoms with Crippen LogP contribution in [-0.2, 0) is 14.3 Å². The number of carbonyl (C=O) groups excluding carboxylic acids is 1. The molecule has 0 saturated heterocycles. The summed E-state index contributed by atoms with van der Waals surface area (Å²) in [5.74, 6) is -0.865. The Morgan fingerprint density at radius 3 is 2.79 bits per heavy atom. The van der Waals surface area contributed by atoms with Crippen LogP contribution in [0.25, 0.3) is 0 Å². The minimum atomic E-state index is -0.614. The third kappa shape index (κ3) is 8.10. The van der Waals surface area contributed by atoms with Crippen LogP contribution in [0, 0.1) is 17.7 Å². The zero-order chi connectivity index (χ0) is 24.3. The van der Waals surface area contributed by atoms with Crippen molar-refractivity contribution in [3.8, 4) is 5.75 Å². The van der Waals surface area contributed by atoms with Gasteiger partial charge in [0.1, 0.15) is 13.2 Å². The molecule has 1 aliphatic rings. The maximum absolute atomic E-state index is 13.9. The molecule has 8 nitrogen and oxygen atoms in total. The fraction of sp³-hybridized carbons (Fsp3) is 0.583. The van der Waals surface area contributed by atoms with Crippen LogP contribution in [-0.4, -0.2) is 67.6 Å². The molecule has 1 fully saturated rings. The molecule has 0 aromatic heterocycles. The molecule has 33 heavy (non-hydrogen) atoms. The summed E-state index contributed by atoms with van der Waals surface area (Å²) >= 11 is 0. The Bertz CT molecular complexity index is 818. The first-order valence-corrected chi connectivity index (χ1v) is 11.1. The van der Waals surface area contributed by atoms with Crippen molar-refractivity contribution in [1.82, 2.24) is 5.32 Å². The Kier molecular flexibility index (Phi) is 10.8. The molecule has 1 aromatic carbocycles. The van der Waals surface area contributed by atoms with E-state index in [2.05, 4.69) is 15.2 Å². The number of likely N-dealkylation sites (N-methyl/N-ethyl adjacent to an activating group) is 1. The molecule has 1 unspecified atom stereocenters. The summed E-state index contributed by atoms with van der Waals surface area (Å²) in [7, 11) is 3.12. The van der Waals surface area contributed by atoms with Gasteiger partial charge < -0.3 is 29.8 Å². The maximum Gasteiger partial charge on any atom is 0.331 e. The smallest absolute Gasteiger partial charge is 0.331 e. The summed E-state index contributed by atoms with van der Waals surface area (Å²) in [6, 6.07) is 6.28. The van der Waals surface area contributed by atoms with Crippen molar-refractivity contribution in [3.63, 3.8) is 0 Å². The van der Waals surface area contributed by atoms with Gasteiger partial charge in [-0.15, -0.1) is 0 Å². The van der Waals surface area contributed by atoms with E-state index < -0.39 is 23.4 Å². The summed E-state index contributed by atoms with van der Waals surface area (Å²) in [4.78, 5) is 11.1.